The Morgan fingerprint density at radius 1 is 0.500 bits per heavy atom. The van der Waals surface area contributed by atoms with Gasteiger partial charge in [-0.15, -0.1) is 4.39 Å². The van der Waals surface area contributed by atoms with Gasteiger partial charge in [-0.3, -0.25) is 0 Å². The lowest BCUT2D eigenvalue weighted by Gasteiger charge is -2.36. The maximum atomic E-state index is 14.0. The largest absolute Gasteiger partial charge is 0.499 e. The maximum absolute atomic E-state index is 14.0. The molecule has 0 unspecified atom stereocenters. The molecule has 0 saturated heterocycles. The lowest BCUT2D eigenvalue weighted by molar-refractivity contribution is 0.124. The number of halogens is 1. The van der Waals surface area contributed by atoms with Crippen molar-refractivity contribution >= 4 is 57.0 Å². The topological polar surface area (TPSA) is 94.2 Å². The third-order valence-corrected chi connectivity index (χ3v) is 29.0. The van der Waals surface area contributed by atoms with E-state index in [2.05, 4.69) is 52.4 Å². The predicted octanol–water partition coefficient (Wildman–Crippen LogP) is 6.77. The maximum Gasteiger partial charge on any atom is 0.499 e. The van der Waals surface area contributed by atoms with Crippen molar-refractivity contribution in [3.05, 3.63) is 0 Å². The molecule has 0 saturated carbocycles. The van der Waals surface area contributed by atoms with Crippen LogP contribution in [-0.4, -0.2) is 118 Å². The highest BCUT2D eigenvalue weighted by Gasteiger charge is 2.43. The minimum Gasteiger partial charge on any atom is -0.456 e. The summed E-state index contributed by atoms with van der Waals surface area (Å²) in [6.45, 7) is 18.4. The zero-order chi connectivity index (χ0) is 32.9. The lowest BCUT2D eigenvalue weighted by atomic mass is 10.4. The summed E-state index contributed by atoms with van der Waals surface area (Å²) in [6, 6.07) is 4.87. The van der Waals surface area contributed by atoms with Gasteiger partial charge in [-0.1, -0.05) is 0 Å². The summed E-state index contributed by atoms with van der Waals surface area (Å²) in [7, 11) is -3.57. The first-order valence-corrected chi connectivity index (χ1v) is 31.2. The van der Waals surface area contributed by atoms with Crippen molar-refractivity contribution < 1.29 is 44.0 Å². The number of amides is 1. The number of hydrogen-bond acceptors (Lipinski definition) is 9. The van der Waals surface area contributed by atoms with E-state index in [-0.39, 0.29) is 0 Å². The van der Waals surface area contributed by atoms with E-state index in [9.17, 15) is 9.18 Å². The van der Waals surface area contributed by atoms with Crippen molar-refractivity contribution in [3.63, 3.8) is 0 Å². The van der Waals surface area contributed by atoms with Gasteiger partial charge in [0.15, 0.2) is 33.3 Å². The molecule has 0 spiro atoms. The van der Waals surface area contributed by atoms with E-state index in [1.165, 1.54) is 4.90 Å². The molecule has 42 heavy (non-hydrogen) atoms. The van der Waals surface area contributed by atoms with E-state index < -0.39 is 57.0 Å². The third-order valence-electron chi connectivity index (χ3n) is 7.70. The van der Waals surface area contributed by atoms with Crippen LogP contribution in [0.2, 0.25) is 88.6 Å². The molecule has 0 aliphatic rings. The Morgan fingerprint density at radius 2 is 0.762 bits per heavy atom. The minimum absolute atomic E-state index is 0.394. The van der Waals surface area contributed by atoms with Crippen LogP contribution in [0.3, 0.4) is 0 Å². The second kappa shape index (κ2) is 18.5. The van der Waals surface area contributed by atoms with Gasteiger partial charge in [0.1, 0.15) is 0 Å². The number of carbonyl (C=O) groups excluding carboxylic acids is 1. The lowest BCUT2D eigenvalue weighted by Crippen LogP contribution is -2.48. The van der Waals surface area contributed by atoms with Crippen molar-refractivity contribution in [2.24, 2.45) is 0 Å². The minimum atomic E-state index is -2.65. The Bertz CT molecular complexity index is 715. The fourth-order valence-electron chi connectivity index (χ4n) is 5.40. The summed E-state index contributed by atoms with van der Waals surface area (Å²) in [5.41, 5.74) is 0. The Kier molecular flexibility index (Phi) is 18.7. The quantitative estimate of drug-likeness (QED) is 0.0612. The van der Waals surface area contributed by atoms with Gasteiger partial charge in [-0.25, -0.2) is 4.79 Å². The summed E-state index contributed by atoms with van der Waals surface area (Å²) in [6.07, 6.45) is 0.0709. The van der Waals surface area contributed by atoms with Crippen LogP contribution < -0.4 is 0 Å². The predicted molar refractivity (Wildman–Crippen MR) is 182 cm³/mol. The molecule has 10 nitrogen and oxygen atoms in total. The highest BCUT2D eigenvalue weighted by atomic mass is 28.4. The molecule has 0 fully saturated rings. The molecular weight excluding hydrogens is 646 g/mol. The molecular formula is C25H62FNO9Si6. The first-order chi connectivity index (χ1) is 19.2. The van der Waals surface area contributed by atoms with Crippen molar-refractivity contribution in [1.29, 1.82) is 0 Å². The second-order valence-corrected chi connectivity index (χ2v) is 37.2. The first kappa shape index (κ1) is 42.4. The molecule has 0 atom stereocenters. The summed E-state index contributed by atoms with van der Waals surface area (Å²) in [4.78, 5) is 13.2. The van der Waals surface area contributed by atoms with E-state index >= 15 is 0 Å². The summed E-state index contributed by atoms with van der Waals surface area (Å²) in [5.74, 6) is 0. The van der Waals surface area contributed by atoms with Gasteiger partial charge in [-0.05, 0) is 89.4 Å². The SMILES string of the molecule is CO[Si](CC[Si](C)(C)O[Si](C)(C)CCCN(CCC[Si](C)(C)O[Si](C)(C)CC[Si](OC)(OC)OC)C(=O)F)(OC)OC. The normalized spacial score (nSPS) is 14.0. The van der Waals surface area contributed by atoms with Crippen molar-refractivity contribution in [3.8, 4) is 0 Å². The molecule has 17 heteroatoms. The highest BCUT2D eigenvalue weighted by molar-refractivity contribution is 6.86. The van der Waals surface area contributed by atoms with Gasteiger partial charge >= 0.3 is 23.8 Å². The fraction of sp³-hybridized carbons (Fsp3) is 0.960. The summed E-state index contributed by atoms with van der Waals surface area (Å²) < 4.78 is 60.9. The fourth-order valence-corrected chi connectivity index (χ4v) is 30.5. The Hall–Kier alpha value is 0.381. The van der Waals surface area contributed by atoms with Crippen LogP contribution in [0.25, 0.3) is 0 Å². The van der Waals surface area contributed by atoms with E-state index in [4.69, 9.17) is 34.8 Å². The molecule has 0 N–H and O–H groups in total. The van der Waals surface area contributed by atoms with Crippen LogP contribution in [-0.2, 0) is 34.8 Å². The smallest absolute Gasteiger partial charge is 0.456 e. The summed E-state index contributed by atoms with van der Waals surface area (Å²) >= 11 is 0. The molecule has 0 rings (SSSR count). The molecule has 0 aromatic rings. The number of hydrogen-bond donors (Lipinski definition) is 0. The monoisotopic (exact) mass is 707 g/mol. The van der Waals surface area contributed by atoms with Crippen molar-refractivity contribution in [1.82, 2.24) is 4.90 Å². The molecule has 0 bridgehead atoms. The van der Waals surface area contributed by atoms with Crippen LogP contribution >= 0.6 is 0 Å². The van der Waals surface area contributed by atoms with Crippen molar-refractivity contribution in [2.75, 3.05) is 55.7 Å². The first-order valence-electron chi connectivity index (χ1n) is 14.9. The van der Waals surface area contributed by atoms with Gasteiger partial charge in [-0.2, -0.15) is 0 Å². The molecule has 1 amide bonds. The van der Waals surface area contributed by atoms with E-state index in [0.717, 1.165) is 24.2 Å². The van der Waals surface area contributed by atoms with Gasteiger partial charge in [0, 0.05) is 67.8 Å². The zero-order valence-electron chi connectivity index (χ0n) is 29.1. The van der Waals surface area contributed by atoms with E-state index in [1.54, 1.807) is 42.7 Å². The molecule has 0 aliphatic heterocycles. The summed E-state index contributed by atoms with van der Waals surface area (Å²) in [5, 5.41) is 0. The number of nitrogens with zero attached hydrogens (tertiary/aromatic N) is 1. The van der Waals surface area contributed by atoms with Crippen molar-refractivity contribution in [2.45, 2.75) is 101 Å². The van der Waals surface area contributed by atoms with E-state index in [1.807, 2.05) is 0 Å². The molecule has 0 heterocycles. The number of rotatable bonds is 24. The Morgan fingerprint density at radius 3 is 1.00 bits per heavy atom. The van der Waals surface area contributed by atoms with Crippen LogP contribution in [0.5, 0.6) is 0 Å². The van der Waals surface area contributed by atoms with Gasteiger partial charge in [0.25, 0.3) is 0 Å². The molecule has 0 aromatic carbocycles. The molecule has 0 aromatic heterocycles. The second-order valence-electron chi connectivity index (χ2n) is 13.3. The number of carbonyl (C=O) groups is 1. The Balaban J connectivity index is 4.86. The van der Waals surface area contributed by atoms with Gasteiger partial charge < -0.3 is 39.7 Å². The van der Waals surface area contributed by atoms with E-state index in [0.29, 0.717) is 38.0 Å². The molecule has 0 radical (unpaired) electrons. The average molecular weight is 708 g/mol. The van der Waals surface area contributed by atoms with Crippen LogP contribution in [0.15, 0.2) is 0 Å². The Labute approximate surface area is 262 Å². The highest BCUT2D eigenvalue weighted by Crippen LogP contribution is 2.29. The van der Waals surface area contributed by atoms with Crippen LogP contribution in [0, 0.1) is 0 Å². The van der Waals surface area contributed by atoms with Crippen LogP contribution in [0.1, 0.15) is 12.8 Å². The van der Waals surface area contributed by atoms with Gasteiger partial charge in [0.2, 0.25) is 0 Å². The van der Waals surface area contributed by atoms with Gasteiger partial charge in [0.05, 0.1) is 0 Å². The molecule has 252 valence electrons. The van der Waals surface area contributed by atoms with Crippen LogP contribution in [0.4, 0.5) is 9.18 Å². The third kappa shape index (κ3) is 16.1. The zero-order valence-corrected chi connectivity index (χ0v) is 35.1. The molecule has 0 aliphatic carbocycles. The standard InChI is InChI=1S/C25H62FNO9Si6/c1-29-41(30-2,31-3)23-21-39(11,12)35-37(7,8)19-15-17-27(25(26)28)18-16-20-38(9,10)36-40(13,14)22-24-42(32-4,33-5)34-6/h15-24H2,1-14H3. The average Bonchev–Trinajstić information content (AvgIpc) is 2.88.